The predicted octanol–water partition coefficient (Wildman–Crippen LogP) is 4.44. The molecule has 9 heteroatoms. The lowest BCUT2D eigenvalue weighted by Gasteiger charge is -2.21. The molecule has 1 aromatic rings. The van der Waals surface area contributed by atoms with Crippen molar-refractivity contribution in [2.24, 2.45) is 11.3 Å². The molecule has 154 valence electrons. The second kappa shape index (κ2) is 6.62. The van der Waals surface area contributed by atoms with Crippen molar-refractivity contribution >= 4 is 27.2 Å². The first-order chi connectivity index (χ1) is 13.1. The number of sulfone groups is 1. The van der Waals surface area contributed by atoms with Gasteiger partial charge in [0.15, 0.2) is 15.6 Å². The highest BCUT2D eigenvalue weighted by molar-refractivity contribution is 7.93. The van der Waals surface area contributed by atoms with E-state index < -0.39 is 55.3 Å². The highest BCUT2D eigenvalue weighted by atomic mass is 35.5. The van der Waals surface area contributed by atoms with Gasteiger partial charge < -0.3 is 4.74 Å². The summed E-state index contributed by atoms with van der Waals surface area (Å²) in [4.78, 5) is 12.2. The van der Waals surface area contributed by atoms with Crippen molar-refractivity contribution in [3.63, 3.8) is 0 Å². The van der Waals surface area contributed by atoms with Gasteiger partial charge in [0.05, 0.1) is 21.3 Å². The number of halogens is 4. The maximum Gasteiger partial charge on any atom is 0.261 e. The van der Waals surface area contributed by atoms with Gasteiger partial charge in [-0.2, -0.15) is 0 Å². The summed E-state index contributed by atoms with van der Waals surface area (Å²) >= 11 is 6.06. The Morgan fingerprint density at radius 2 is 1.93 bits per heavy atom. The van der Waals surface area contributed by atoms with Gasteiger partial charge in [-0.15, -0.1) is 0 Å². The maximum absolute atomic E-state index is 14.4. The number of ether oxygens (including phenoxy) is 1. The molecule has 0 amide bonds. The number of carbonyl (C=O) groups excluding carboxylic acids is 1. The van der Waals surface area contributed by atoms with Crippen LogP contribution < -0.4 is 4.74 Å². The third-order valence-electron chi connectivity index (χ3n) is 6.22. The summed E-state index contributed by atoms with van der Waals surface area (Å²) in [5.41, 5.74) is -1.66. The molecule has 2 atom stereocenters. The van der Waals surface area contributed by atoms with Gasteiger partial charge in [0.1, 0.15) is 23.9 Å². The normalized spacial score (nSPS) is 28.5. The number of fused-ring (bicyclic) bond motifs is 1. The minimum absolute atomic E-state index is 0.110. The molecule has 3 aliphatic rings. The largest absolute Gasteiger partial charge is 0.491 e. The zero-order valence-corrected chi connectivity index (χ0v) is 16.6. The monoisotopic (exact) mass is 436 g/mol. The third kappa shape index (κ3) is 3.22. The highest BCUT2D eigenvalue weighted by Crippen LogP contribution is 2.72. The molecule has 0 spiro atoms. The van der Waals surface area contributed by atoms with Crippen molar-refractivity contribution in [3.8, 4) is 5.75 Å². The molecule has 28 heavy (non-hydrogen) atoms. The highest BCUT2D eigenvalue weighted by Gasteiger charge is 2.80. The van der Waals surface area contributed by atoms with Crippen LogP contribution in [0.1, 0.15) is 48.9 Å². The van der Waals surface area contributed by atoms with Crippen LogP contribution in [-0.2, 0) is 9.84 Å². The fourth-order valence-electron chi connectivity index (χ4n) is 4.31. The average molecular weight is 437 g/mol. The topological polar surface area (TPSA) is 60.4 Å². The second-order valence-corrected chi connectivity index (χ2v) is 10.7. The molecule has 0 aliphatic heterocycles. The number of carbonyl (C=O) groups is 1. The van der Waals surface area contributed by atoms with E-state index in [1.54, 1.807) is 0 Å². The van der Waals surface area contributed by atoms with Gasteiger partial charge >= 0.3 is 0 Å². The van der Waals surface area contributed by atoms with Gasteiger partial charge in [-0.3, -0.25) is 4.79 Å². The summed E-state index contributed by atoms with van der Waals surface area (Å²) in [5.74, 6) is -6.26. The Balaban J connectivity index is 1.48. The van der Waals surface area contributed by atoms with E-state index in [1.165, 1.54) is 0 Å². The van der Waals surface area contributed by atoms with Gasteiger partial charge in [0.2, 0.25) is 0 Å². The molecule has 0 radical (unpaired) electrons. The Kier molecular flexibility index (Phi) is 4.73. The quantitative estimate of drug-likeness (QED) is 0.593. The van der Waals surface area contributed by atoms with Crippen LogP contribution in [0.5, 0.6) is 5.75 Å². The minimum Gasteiger partial charge on any atom is -0.491 e. The number of ketones is 1. The Hall–Kier alpha value is -1.28. The van der Waals surface area contributed by atoms with E-state index in [2.05, 4.69) is 0 Å². The van der Waals surface area contributed by atoms with Crippen LogP contribution in [0.2, 0.25) is 5.02 Å². The van der Waals surface area contributed by atoms with Gasteiger partial charge in [0, 0.05) is 12.0 Å². The zero-order valence-electron chi connectivity index (χ0n) is 15.0. The molecule has 4 rings (SSSR count). The molecule has 3 fully saturated rings. The molecule has 0 saturated heterocycles. The minimum atomic E-state index is -3.59. The molecule has 0 aromatic heterocycles. The lowest BCUT2D eigenvalue weighted by molar-refractivity contribution is 0.0370. The van der Waals surface area contributed by atoms with Crippen LogP contribution in [0.15, 0.2) is 12.1 Å². The van der Waals surface area contributed by atoms with Gasteiger partial charge in [-0.1, -0.05) is 24.4 Å². The Labute approximate surface area is 166 Å². The molecule has 1 aromatic carbocycles. The van der Waals surface area contributed by atoms with Crippen molar-refractivity contribution in [1.29, 1.82) is 0 Å². The summed E-state index contributed by atoms with van der Waals surface area (Å²) in [6.07, 6.45) is 3.28. The van der Waals surface area contributed by atoms with Crippen molar-refractivity contribution < 1.29 is 31.1 Å². The van der Waals surface area contributed by atoms with Crippen LogP contribution >= 0.6 is 11.6 Å². The zero-order chi connectivity index (χ0) is 20.3. The summed E-state index contributed by atoms with van der Waals surface area (Å²) < 4.78 is 72.0. The maximum atomic E-state index is 14.4. The summed E-state index contributed by atoms with van der Waals surface area (Å²) in [7, 11) is -3.59. The molecule has 4 nitrogen and oxygen atoms in total. The van der Waals surface area contributed by atoms with Crippen molar-refractivity contribution in [1.82, 2.24) is 0 Å². The van der Waals surface area contributed by atoms with Gasteiger partial charge in [0.25, 0.3) is 5.92 Å². The number of hydrogen-bond acceptors (Lipinski definition) is 4. The fourth-order valence-corrected chi connectivity index (χ4v) is 6.14. The molecule has 0 N–H and O–H groups in total. The van der Waals surface area contributed by atoms with Gasteiger partial charge in [-0.25, -0.2) is 21.6 Å². The lowest BCUT2D eigenvalue weighted by Crippen LogP contribution is -2.23. The Morgan fingerprint density at radius 3 is 2.57 bits per heavy atom. The average Bonchev–Trinajstić information content (AvgIpc) is 3.52. The number of benzene rings is 1. The summed E-state index contributed by atoms with van der Waals surface area (Å²) in [6.45, 7) is -0.271. The van der Waals surface area contributed by atoms with Crippen molar-refractivity contribution in [2.75, 3.05) is 12.4 Å². The summed E-state index contributed by atoms with van der Waals surface area (Å²) in [6, 6.07) is 1.88. The van der Waals surface area contributed by atoms with E-state index in [0.717, 1.165) is 18.6 Å². The van der Waals surface area contributed by atoms with Crippen LogP contribution in [0.4, 0.5) is 13.2 Å². The second-order valence-electron chi connectivity index (χ2n) is 8.06. The molecular weight excluding hydrogens is 417 g/mol. The number of Topliss-reactive ketones (excluding diaryl/α,β-unsaturated/α-hetero) is 1. The molecular formula is C19H20ClF3O4S. The third-order valence-corrected chi connectivity index (χ3v) is 8.67. The van der Waals surface area contributed by atoms with Gasteiger partial charge in [-0.05, 0) is 31.7 Å². The van der Waals surface area contributed by atoms with Crippen molar-refractivity contribution in [2.45, 2.75) is 49.7 Å². The predicted molar refractivity (Wildman–Crippen MR) is 97.4 cm³/mol. The summed E-state index contributed by atoms with van der Waals surface area (Å²) in [5, 5.41) is -0.637. The molecule has 0 heterocycles. The Morgan fingerprint density at radius 1 is 1.21 bits per heavy atom. The number of alkyl halides is 2. The first kappa shape index (κ1) is 20.0. The molecule has 2 unspecified atom stereocenters. The first-order valence-electron chi connectivity index (χ1n) is 9.33. The fraction of sp³-hybridized carbons (Fsp3) is 0.632. The van der Waals surface area contributed by atoms with Crippen LogP contribution in [-0.4, -0.2) is 37.7 Å². The molecule has 3 aliphatic carbocycles. The Bertz CT molecular complexity index is 929. The van der Waals surface area contributed by atoms with Crippen molar-refractivity contribution in [3.05, 3.63) is 28.5 Å². The van der Waals surface area contributed by atoms with E-state index in [0.29, 0.717) is 32.1 Å². The molecule has 0 bridgehead atoms. The van der Waals surface area contributed by atoms with E-state index in [-0.39, 0.29) is 17.4 Å². The smallest absolute Gasteiger partial charge is 0.261 e. The van der Waals surface area contributed by atoms with E-state index in [4.69, 9.17) is 16.3 Å². The van der Waals surface area contributed by atoms with Crippen LogP contribution in [0.25, 0.3) is 0 Å². The number of rotatable bonds is 7. The van der Waals surface area contributed by atoms with E-state index >= 15 is 0 Å². The SMILES string of the molecule is O=C(CS(=O)(=O)C1CC1)c1cc(Cl)c(OCC23CCCCC2C3(F)F)cc1F. The lowest BCUT2D eigenvalue weighted by atomic mass is 9.89. The first-order valence-corrected chi connectivity index (χ1v) is 11.4. The van der Waals surface area contributed by atoms with Crippen LogP contribution in [0, 0.1) is 17.2 Å². The molecule has 3 saturated carbocycles. The van der Waals surface area contributed by atoms with Crippen LogP contribution in [0.3, 0.4) is 0 Å². The van der Waals surface area contributed by atoms with E-state index in [9.17, 15) is 26.4 Å². The van der Waals surface area contributed by atoms with E-state index in [1.807, 2.05) is 0 Å². The number of hydrogen-bond donors (Lipinski definition) is 0. The standard InChI is InChI=1S/C19H20ClF3O4S/c20-13-7-12(15(24)9-28(25,26)11-4-5-11)14(21)8-16(13)27-10-18-6-2-1-3-17(18)19(18,22)23/h7-8,11,17H,1-6,9-10H2.